The summed E-state index contributed by atoms with van der Waals surface area (Å²) in [6.07, 6.45) is 4.04. The second-order valence-electron chi connectivity index (χ2n) is 9.50. The lowest BCUT2D eigenvalue weighted by atomic mass is 9.88. The van der Waals surface area contributed by atoms with Gasteiger partial charge in [0.25, 0.3) is 0 Å². The van der Waals surface area contributed by atoms with Gasteiger partial charge in [0.2, 0.25) is 5.91 Å². The third kappa shape index (κ3) is 3.76. The molecule has 4 aliphatic heterocycles. The van der Waals surface area contributed by atoms with Crippen LogP contribution in [-0.4, -0.2) is 55.5 Å². The SMILES string of the molecule is CC(=O)N1CCC2=C(C1)C(N1CC(C)Cc3ccc(C#N)cc31)=NC2C[C@H]1CCOC1. The zero-order valence-electron chi connectivity index (χ0n) is 18.4. The smallest absolute Gasteiger partial charge is 0.219 e. The number of aliphatic imine (C=N–C) groups is 1. The molecular weight excluding hydrogens is 388 g/mol. The molecule has 0 N–H and O–H groups in total. The van der Waals surface area contributed by atoms with Crippen LogP contribution in [0.5, 0.6) is 0 Å². The van der Waals surface area contributed by atoms with Gasteiger partial charge in [0.15, 0.2) is 0 Å². The van der Waals surface area contributed by atoms with Crippen LogP contribution in [-0.2, 0) is 16.0 Å². The number of nitrogens with zero attached hydrogens (tertiary/aromatic N) is 4. The number of carbonyl (C=O) groups is 1. The van der Waals surface area contributed by atoms with Crippen LogP contribution >= 0.6 is 0 Å². The number of rotatable bonds is 2. The number of anilines is 1. The Labute approximate surface area is 184 Å². The molecule has 6 heteroatoms. The van der Waals surface area contributed by atoms with Crippen molar-refractivity contribution in [2.24, 2.45) is 16.8 Å². The first-order valence-corrected chi connectivity index (χ1v) is 11.5. The average Bonchev–Trinajstić information content (AvgIpc) is 3.41. The number of ether oxygens (including phenoxy) is 1. The van der Waals surface area contributed by atoms with E-state index >= 15 is 0 Å². The van der Waals surface area contributed by atoms with Crippen molar-refractivity contribution in [3.63, 3.8) is 0 Å². The van der Waals surface area contributed by atoms with Gasteiger partial charge in [-0.1, -0.05) is 13.0 Å². The lowest BCUT2D eigenvalue weighted by Gasteiger charge is -2.37. The maximum atomic E-state index is 12.2. The van der Waals surface area contributed by atoms with Crippen LogP contribution in [0.1, 0.15) is 44.2 Å². The van der Waals surface area contributed by atoms with Gasteiger partial charge in [-0.25, -0.2) is 0 Å². The molecule has 1 aromatic carbocycles. The highest BCUT2D eigenvalue weighted by Gasteiger charge is 2.38. The Morgan fingerprint density at radius 1 is 1.39 bits per heavy atom. The first kappa shape index (κ1) is 20.3. The Morgan fingerprint density at radius 3 is 3.00 bits per heavy atom. The van der Waals surface area contributed by atoms with Crippen LogP contribution in [0.3, 0.4) is 0 Å². The average molecular weight is 419 g/mol. The minimum absolute atomic E-state index is 0.123. The van der Waals surface area contributed by atoms with Crippen molar-refractivity contribution in [3.8, 4) is 6.07 Å². The highest BCUT2D eigenvalue weighted by Crippen LogP contribution is 2.39. The molecule has 0 aromatic heterocycles. The molecule has 5 rings (SSSR count). The van der Waals surface area contributed by atoms with Gasteiger partial charge in [0.05, 0.1) is 17.7 Å². The van der Waals surface area contributed by atoms with Gasteiger partial charge < -0.3 is 14.5 Å². The molecule has 4 heterocycles. The molecular formula is C25H30N4O2. The van der Waals surface area contributed by atoms with E-state index in [0.717, 1.165) is 63.5 Å². The maximum Gasteiger partial charge on any atom is 0.219 e. The molecule has 0 saturated carbocycles. The number of carbonyl (C=O) groups excluding carboxylic acids is 1. The minimum atomic E-state index is 0.123. The summed E-state index contributed by atoms with van der Waals surface area (Å²) in [6, 6.07) is 8.49. The molecule has 0 bridgehead atoms. The lowest BCUT2D eigenvalue weighted by molar-refractivity contribution is -0.128. The number of amidine groups is 1. The Morgan fingerprint density at radius 2 is 2.26 bits per heavy atom. The molecule has 3 atom stereocenters. The summed E-state index contributed by atoms with van der Waals surface area (Å²) in [5, 5.41) is 9.46. The predicted octanol–water partition coefficient (Wildman–Crippen LogP) is 3.31. The van der Waals surface area contributed by atoms with Crippen molar-refractivity contribution < 1.29 is 9.53 Å². The number of benzene rings is 1. The highest BCUT2D eigenvalue weighted by atomic mass is 16.5. The van der Waals surface area contributed by atoms with Crippen LogP contribution in [0.25, 0.3) is 0 Å². The molecule has 2 unspecified atom stereocenters. The summed E-state index contributed by atoms with van der Waals surface area (Å²) in [6.45, 7) is 7.91. The van der Waals surface area contributed by atoms with Crippen molar-refractivity contribution in [2.45, 2.75) is 45.6 Å². The highest BCUT2D eigenvalue weighted by molar-refractivity contribution is 6.13. The van der Waals surface area contributed by atoms with E-state index in [1.165, 1.54) is 16.7 Å². The van der Waals surface area contributed by atoms with E-state index in [4.69, 9.17) is 9.73 Å². The van der Waals surface area contributed by atoms with Gasteiger partial charge in [-0.05, 0) is 60.8 Å². The predicted molar refractivity (Wildman–Crippen MR) is 120 cm³/mol. The van der Waals surface area contributed by atoms with Crippen LogP contribution in [0.4, 0.5) is 5.69 Å². The normalized spacial score (nSPS) is 27.6. The van der Waals surface area contributed by atoms with Gasteiger partial charge in [-0.15, -0.1) is 0 Å². The third-order valence-electron chi connectivity index (χ3n) is 7.19. The Kier molecular flexibility index (Phi) is 5.31. The molecule has 0 radical (unpaired) electrons. The number of fused-ring (bicyclic) bond motifs is 1. The van der Waals surface area contributed by atoms with Crippen LogP contribution < -0.4 is 4.90 Å². The molecule has 6 nitrogen and oxygen atoms in total. The Bertz CT molecular complexity index is 999. The van der Waals surface area contributed by atoms with E-state index < -0.39 is 0 Å². The topological polar surface area (TPSA) is 68.9 Å². The Hall–Kier alpha value is -2.65. The molecule has 4 aliphatic rings. The van der Waals surface area contributed by atoms with Crippen molar-refractivity contribution in [1.82, 2.24) is 4.90 Å². The summed E-state index contributed by atoms with van der Waals surface area (Å²) in [7, 11) is 0. The van der Waals surface area contributed by atoms with E-state index in [1.807, 2.05) is 17.0 Å². The van der Waals surface area contributed by atoms with Crippen molar-refractivity contribution in [3.05, 3.63) is 40.5 Å². The van der Waals surface area contributed by atoms with E-state index in [9.17, 15) is 10.1 Å². The van der Waals surface area contributed by atoms with Crippen LogP contribution in [0, 0.1) is 23.2 Å². The summed E-state index contributed by atoms with van der Waals surface area (Å²) in [5.74, 6) is 2.21. The zero-order valence-corrected chi connectivity index (χ0v) is 18.4. The minimum Gasteiger partial charge on any atom is -0.381 e. The zero-order chi connectivity index (χ0) is 21.5. The fourth-order valence-corrected chi connectivity index (χ4v) is 5.55. The molecule has 1 fully saturated rings. The Balaban J connectivity index is 1.54. The van der Waals surface area contributed by atoms with Crippen molar-refractivity contribution >= 4 is 17.4 Å². The van der Waals surface area contributed by atoms with E-state index in [0.29, 0.717) is 23.9 Å². The van der Waals surface area contributed by atoms with Gasteiger partial charge in [0, 0.05) is 51.0 Å². The molecule has 0 spiro atoms. The van der Waals surface area contributed by atoms with Crippen LogP contribution in [0.15, 0.2) is 34.3 Å². The number of nitriles is 1. The van der Waals surface area contributed by atoms with E-state index in [1.54, 1.807) is 6.92 Å². The van der Waals surface area contributed by atoms with Crippen molar-refractivity contribution in [2.75, 3.05) is 37.7 Å². The number of hydrogen-bond donors (Lipinski definition) is 0. The van der Waals surface area contributed by atoms with Crippen molar-refractivity contribution in [1.29, 1.82) is 5.26 Å². The fourth-order valence-electron chi connectivity index (χ4n) is 5.55. The van der Waals surface area contributed by atoms with Gasteiger partial charge in [-0.2, -0.15) is 5.26 Å². The molecule has 1 amide bonds. The molecule has 1 aromatic rings. The first-order valence-electron chi connectivity index (χ1n) is 11.5. The lowest BCUT2D eigenvalue weighted by Crippen LogP contribution is -2.43. The van der Waals surface area contributed by atoms with Gasteiger partial charge in [0.1, 0.15) is 5.84 Å². The molecule has 1 saturated heterocycles. The monoisotopic (exact) mass is 418 g/mol. The van der Waals surface area contributed by atoms with Gasteiger partial charge in [-0.3, -0.25) is 9.79 Å². The molecule has 162 valence electrons. The number of hydrogen-bond acceptors (Lipinski definition) is 5. The summed E-state index contributed by atoms with van der Waals surface area (Å²) in [4.78, 5) is 21.7. The summed E-state index contributed by atoms with van der Waals surface area (Å²) < 4.78 is 5.62. The second-order valence-corrected chi connectivity index (χ2v) is 9.50. The first-order chi connectivity index (χ1) is 15.0. The van der Waals surface area contributed by atoms with Crippen LogP contribution in [0.2, 0.25) is 0 Å². The standard InChI is InChI=1S/C25H30N4O2/c1-16-9-20-4-3-18(12-26)11-24(20)29(13-16)25-22-14-28(17(2)30)7-5-21(22)23(27-25)10-19-6-8-31-15-19/h3-4,11,16,19,23H,5-10,13-15H2,1-2H3/t16?,19-,23?/m1/s1. The molecule has 0 aliphatic carbocycles. The quantitative estimate of drug-likeness (QED) is 0.739. The largest absolute Gasteiger partial charge is 0.381 e. The van der Waals surface area contributed by atoms with Gasteiger partial charge >= 0.3 is 0 Å². The summed E-state index contributed by atoms with van der Waals surface area (Å²) >= 11 is 0. The van der Waals surface area contributed by atoms with E-state index in [-0.39, 0.29) is 11.9 Å². The second kappa shape index (κ2) is 8.12. The fraction of sp³-hybridized carbons (Fsp3) is 0.560. The van der Waals surface area contributed by atoms with E-state index in [2.05, 4.69) is 24.0 Å². The number of amides is 1. The maximum absolute atomic E-state index is 12.2. The third-order valence-corrected chi connectivity index (χ3v) is 7.19. The summed E-state index contributed by atoms with van der Waals surface area (Å²) in [5.41, 5.74) is 5.70. The molecule has 31 heavy (non-hydrogen) atoms.